The fourth-order valence-corrected chi connectivity index (χ4v) is 0.676. The largest absolute Gasteiger partial charge is 2.00 e. The van der Waals surface area contributed by atoms with Crippen molar-refractivity contribution in [3.05, 3.63) is 19.1 Å². The molecule has 0 saturated carbocycles. The van der Waals surface area contributed by atoms with Crippen LogP contribution in [0.2, 0.25) is 0 Å². The maximum Gasteiger partial charge on any atom is 2.00 e. The second kappa shape index (κ2) is 6.03. The minimum absolute atomic E-state index is 0. The Morgan fingerprint density at radius 2 is 2.09 bits per heavy atom. The van der Waals surface area contributed by atoms with E-state index in [1.165, 1.54) is 0 Å². The molecule has 2 heteroatoms. The van der Waals surface area contributed by atoms with Crippen LogP contribution in [-0.2, 0) is 0 Å². The molecule has 0 bridgehead atoms. The first-order valence-corrected chi connectivity index (χ1v) is 3.60. The predicted octanol–water partition coefficient (Wildman–Crippen LogP) is 1.16. The number of rotatable bonds is 4. The first kappa shape index (κ1) is 14.0. The van der Waals surface area contributed by atoms with Crippen LogP contribution in [0.4, 0.5) is 0 Å². The monoisotopic (exact) mass is 164 g/mol. The van der Waals surface area contributed by atoms with Crippen molar-refractivity contribution in [2.24, 2.45) is 5.41 Å². The zero-order valence-corrected chi connectivity index (χ0v) is 9.07. The Hall–Kier alpha value is 0.466. The Bertz CT molecular complexity index is 119. The van der Waals surface area contributed by atoms with Crippen LogP contribution in [0, 0.1) is 12.3 Å². The van der Waals surface area contributed by atoms with E-state index in [-0.39, 0.29) is 35.1 Å². The topological polar surface area (TPSA) is 23.1 Å². The van der Waals surface area contributed by atoms with Gasteiger partial charge in [0, 0.05) is 0 Å². The Morgan fingerprint density at radius 3 is 2.36 bits per heavy atom. The summed E-state index contributed by atoms with van der Waals surface area (Å²) in [7, 11) is 0. The smallest absolute Gasteiger partial charge is 0.854 e. The van der Waals surface area contributed by atoms with E-state index in [1.54, 1.807) is 0 Å². The summed E-state index contributed by atoms with van der Waals surface area (Å²) in [4.78, 5) is 0. The molecule has 1 atom stereocenters. The molecule has 0 aliphatic carbocycles. The third-order valence-corrected chi connectivity index (χ3v) is 1.90. The molecule has 0 rings (SSSR count). The van der Waals surface area contributed by atoms with Crippen molar-refractivity contribution in [1.82, 2.24) is 0 Å². The van der Waals surface area contributed by atoms with E-state index in [2.05, 4.69) is 13.5 Å². The van der Waals surface area contributed by atoms with E-state index in [1.807, 2.05) is 13.8 Å². The molecule has 60 valence electrons. The molecule has 0 heterocycles. The summed E-state index contributed by atoms with van der Waals surface area (Å²) in [6.45, 7) is 11.8. The third kappa shape index (κ3) is 5.71. The molecular formula is C9H16MgO. The summed E-state index contributed by atoms with van der Waals surface area (Å²) in [6.07, 6.45) is 1.55. The second-order valence-corrected chi connectivity index (χ2v) is 3.15. The van der Waals surface area contributed by atoms with Crippen molar-refractivity contribution < 1.29 is 5.11 Å². The van der Waals surface area contributed by atoms with Gasteiger partial charge in [-0.3, -0.25) is 0 Å². The van der Waals surface area contributed by atoms with Gasteiger partial charge < -0.3 is 12.0 Å². The standard InChI is InChI=1S/C9H16O.Mg/c1-8(2)9(3,4)6-5-7-10;/h1,3,5-7H2,2,4H3;/q-2;+2. The zero-order valence-electron chi connectivity index (χ0n) is 7.65. The van der Waals surface area contributed by atoms with Gasteiger partial charge in [0.05, 0.1) is 0 Å². The average molecular weight is 165 g/mol. The van der Waals surface area contributed by atoms with E-state index in [9.17, 15) is 5.11 Å². The van der Waals surface area contributed by atoms with Gasteiger partial charge in [-0.15, -0.1) is 24.2 Å². The van der Waals surface area contributed by atoms with Crippen LogP contribution in [0.25, 0.3) is 0 Å². The molecular weight excluding hydrogens is 148 g/mol. The fourth-order valence-electron chi connectivity index (χ4n) is 0.676. The van der Waals surface area contributed by atoms with E-state index in [4.69, 9.17) is 0 Å². The SMILES string of the molecule is C=C(C)C([CH2-])(C)CCC[O-].[Mg+2]. The summed E-state index contributed by atoms with van der Waals surface area (Å²) in [6, 6.07) is 0. The van der Waals surface area contributed by atoms with Gasteiger partial charge in [-0.25, -0.2) is 0 Å². The van der Waals surface area contributed by atoms with Gasteiger partial charge in [-0.2, -0.15) is 0 Å². The van der Waals surface area contributed by atoms with Crippen LogP contribution in [0.5, 0.6) is 0 Å². The molecule has 0 aromatic heterocycles. The molecule has 11 heavy (non-hydrogen) atoms. The van der Waals surface area contributed by atoms with Crippen molar-refractivity contribution in [3.63, 3.8) is 0 Å². The van der Waals surface area contributed by atoms with Crippen LogP contribution < -0.4 is 5.11 Å². The molecule has 0 aliphatic rings. The van der Waals surface area contributed by atoms with E-state index < -0.39 is 0 Å². The maximum atomic E-state index is 10.1. The molecule has 0 amide bonds. The summed E-state index contributed by atoms with van der Waals surface area (Å²) < 4.78 is 0. The van der Waals surface area contributed by atoms with E-state index in [0.29, 0.717) is 6.42 Å². The molecule has 1 nitrogen and oxygen atoms in total. The molecule has 0 aliphatic heterocycles. The van der Waals surface area contributed by atoms with Gasteiger partial charge in [-0.05, 0) is 6.92 Å². The van der Waals surface area contributed by atoms with Crippen molar-refractivity contribution >= 4 is 23.1 Å². The van der Waals surface area contributed by atoms with Gasteiger partial charge in [-0.1, -0.05) is 19.8 Å². The zero-order chi connectivity index (χ0) is 8.20. The number of hydrogen-bond acceptors (Lipinski definition) is 1. The molecule has 0 aromatic rings. The van der Waals surface area contributed by atoms with E-state index in [0.717, 1.165) is 12.0 Å². The molecule has 0 spiro atoms. The molecule has 0 radical (unpaired) electrons. The first-order chi connectivity index (χ1) is 4.50. The minimum Gasteiger partial charge on any atom is -0.854 e. The normalized spacial score (nSPS) is 14.9. The van der Waals surface area contributed by atoms with Crippen LogP contribution in [0.15, 0.2) is 12.2 Å². The van der Waals surface area contributed by atoms with Crippen molar-refractivity contribution in [3.8, 4) is 0 Å². The van der Waals surface area contributed by atoms with Crippen molar-refractivity contribution in [1.29, 1.82) is 0 Å². The van der Waals surface area contributed by atoms with Crippen LogP contribution in [0.1, 0.15) is 26.7 Å². The summed E-state index contributed by atoms with van der Waals surface area (Å²) >= 11 is 0. The quantitative estimate of drug-likeness (QED) is 0.347. The Morgan fingerprint density at radius 1 is 1.64 bits per heavy atom. The van der Waals surface area contributed by atoms with Gasteiger partial charge in [0.25, 0.3) is 0 Å². The third-order valence-electron chi connectivity index (χ3n) is 1.90. The molecule has 0 aromatic carbocycles. The summed E-state index contributed by atoms with van der Waals surface area (Å²) in [5.41, 5.74) is 0.964. The van der Waals surface area contributed by atoms with Crippen LogP contribution in [0.3, 0.4) is 0 Å². The Labute approximate surface area is 86.0 Å². The van der Waals surface area contributed by atoms with Gasteiger partial charge in [0.2, 0.25) is 0 Å². The number of hydrogen-bond donors (Lipinski definition) is 0. The molecule has 1 unspecified atom stereocenters. The second-order valence-electron chi connectivity index (χ2n) is 3.15. The van der Waals surface area contributed by atoms with Gasteiger partial charge in [0.1, 0.15) is 0 Å². The molecule has 0 saturated heterocycles. The fraction of sp³-hybridized carbons (Fsp3) is 0.667. The van der Waals surface area contributed by atoms with Crippen LogP contribution >= 0.6 is 0 Å². The van der Waals surface area contributed by atoms with Crippen LogP contribution in [-0.4, -0.2) is 29.7 Å². The summed E-state index contributed by atoms with van der Waals surface area (Å²) in [5.74, 6) is 0. The average Bonchev–Trinajstić information content (AvgIpc) is 1.84. The van der Waals surface area contributed by atoms with Crippen molar-refractivity contribution in [2.75, 3.05) is 6.61 Å². The Balaban J connectivity index is 0. The Kier molecular flexibility index (Phi) is 7.69. The summed E-state index contributed by atoms with van der Waals surface area (Å²) in [5, 5.41) is 10.1. The van der Waals surface area contributed by atoms with Gasteiger partial charge in [0.15, 0.2) is 0 Å². The maximum absolute atomic E-state index is 10.1. The van der Waals surface area contributed by atoms with Gasteiger partial charge >= 0.3 is 23.1 Å². The van der Waals surface area contributed by atoms with E-state index >= 15 is 0 Å². The minimum atomic E-state index is -0.0928. The predicted molar refractivity (Wildman–Crippen MR) is 48.1 cm³/mol. The number of allylic oxidation sites excluding steroid dienone is 1. The molecule has 0 fully saturated rings. The molecule has 0 N–H and O–H groups in total. The van der Waals surface area contributed by atoms with Crippen molar-refractivity contribution in [2.45, 2.75) is 26.7 Å². The first-order valence-electron chi connectivity index (χ1n) is 3.60.